The van der Waals surface area contributed by atoms with Gasteiger partial charge in [-0.1, -0.05) is 41.6 Å². The third-order valence-corrected chi connectivity index (χ3v) is 3.61. The van der Waals surface area contributed by atoms with Gasteiger partial charge in [-0.2, -0.15) is 0 Å². The lowest BCUT2D eigenvalue weighted by Gasteiger charge is -2.04. The van der Waals surface area contributed by atoms with E-state index in [1.807, 2.05) is 24.3 Å². The van der Waals surface area contributed by atoms with E-state index in [1.165, 1.54) is 11.8 Å². The number of thioether (sulfide) groups is 1. The standard InChI is InChI=1S/C13H10ClNOS/c14-13-10-5-1-2-6-11(10)15-9-12(13)17-8-4-3-7-16/h1-2,5-6,9,16H,7-8H2. The number of pyridine rings is 1. The van der Waals surface area contributed by atoms with Crippen LogP contribution in [-0.4, -0.2) is 22.5 Å². The number of benzene rings is 1. The monoisotopic (exact) mass is 263 g/mol. The van der Waals surface area contributed by atoms with E-state index in [9.17, 15) is 0 Å². The van der Waals surface area contributed by atoms with Crippen LogP contribution in [0.1, 0.15) is 0 Å². The quantitative estimate of drug-likeness (QED) is 0.668. The normalized spacial score (nSPS) is 10.0. The number of hydrogen-bond acceptors (Lipinski definition) is 3. The number of rotatable bonds is 2. The molecule has 86 valence electrons. The minimum absolute atomic E-state index is 0.107. The van der Waals surface area contributed by atoms with Gasteiger partial charge in [0.25, 0.3) is 0 Å². The Hall–Kier alpha value is -1.21. The summed E-state index contributed by atoms with van der Waals surface area (Å²) in [4.78, 5) is 5.25. The molecule has 1 aromatic heterocycles. The van der Waals surface area contributed by atoms with Crippen LogP contribution in [0.4, 0.5) is 0 Å². The van der Waals surface area contributed by atoms with E-state index in [4.69, 9.17) is 16.7 Å². The van der Waals surface area contributed by atoms with Gasteiger partial charge in [0.1, 0.15) is 6.61 Å². The molecule has 0 bridgehead atoms. The Morgan fingerprint density at radius 3 is 2.94 bits per heavy atom. The number of aliphatic hydroxyl groups is 1. The maximum absolute atomic E-state index is 8.54. The number of halogens is 1. The molecule has 0 aliphatic rings. The number of para-hydroxylation sites is 1. The van der Waals surface area contributed by atoms with Crippen LogP contribution in [0, 0.1) is 11.8 Å². The van der Waals surface area contributed by atoms with Crippen molar-refractivity contribution < 1.29 is 5.11 Å². The number of fused-ring (bicyclic) bond motifs is 1. The highest BCUT2D eigenvalue weighted by Crippen LogP contribution is 2.31. The predicted molar refractivity (Wildman–Crippen MR) is 72.3 cm³/mol. The number of aliphatic hydroxyl groups excluding tert-OH is 1. The lowest BCUT2D eigenvalue weighted by atomic mass is 10.2. The SMILES string of the molecule is OCC#CCSc1cnc2ccccc2c1Cl. The molecule has 0 saturated carbocycles. The Balaban J connectivity index is 2.26. The van der Waals surface area contributed by atoms with Gasteiger partial charge in [0, 0.05) is 16.5 Å². The highest BCUT2D eigenvalue weighted by Gasteiger charge is 2.05. The average molecular weight is 264 g/mol. The van der Waals surface area contributed by atoms with E-state index >= 15 is 0 Å². The first-order chi connectivity index (χ1) is 8.33. The fourth-order valence-electron chi connectivity index (χ4n) is 1.41. The third kappa shape index (κ3) is 2.92. The van der Waals surface area contributed by atoms with Crippen LogP contribution in [0.25, 0.3) is 10.9 Å². The zero-order valence-corrected chi connectivity index (χ0v) is 10.6. The zero-order chi connectivity index (χ0) is 12.1. The molecule has 1 N–H and O–H groups in total. The highest BCUT2D eigenvalue weighted by molar-refractivity contribution is 7.99. The summed E-state index contributed by atoms with van der Waals surface area (Å²) in [5.41, 5.74) is 0.892. The lowest BCUT2D eigenvalue weighted by Crippen LogP contribution is -1.84. The van der Waals surface area contributed by atoms with E-state index in [2.05, 4.69) is 16.8 Å². The Labute approximate surface area is 109 Å². The van der Waals surface area contributed by atoms with Crippen molar-refractivity contribution in [3.05, 3.63) is 35.5 Å². The summed E-state index contributed by atoms with van der Waals surface area (Å²) in [6.45, 7) is -0.107. The minimum Gasteiger partial charge on any atom is -0.384 e. The van der Waals surface area contributed by atoms with Crippen LogP contribution in [0.5, 0.6) is 0 Å². The maximum Gasteiger partial charge on any atom is 0.104 e. The molecule has 17 heavy (non-hydrogen) atoms. The van der Waals surface area contributed by atoms with E-state index < -0.39 is 0 Å². The molecule has 1 aromatic carbocycles. The maximum atomic E-state index is 8.54. The van der Waals surface area contributed by atoms with Crippen molar-refractivity contribution in [2.24, 2.45) is 0 Å². The molecule has 0 radical (unpaired) electrons. The molecule has 0 aliphatic carbocycles. The molecule has 0 atom stereocenters. The van der Waals surface area contributed by atoms with Crippen LogP contribution in [0.3, 0.4) is 0 Å². The smallest absolute Gasteiger partial charge is 0.104 e. The number of hydrogen-bond donors (Lipinski definition) is 1. The molecule has 4 heteroatoms. The van der Waals surface area contributed by atoms with Gasteiger partial charge in [-0.05, 0) is 6.07 Å². The summed E-state index contributed by atoms with van der Waals surface area (Å²) in [5, 5.41) is 10.2. The van der Waals surface area contributed by atoms with Crippen molar-refractivity contribution in [3.63, 3.8) is 0 Å². The average Bonchev–Trinajstić information content (AvgIpc) is 2.37. The first kappa shape index (κ1) is 12.3. The summed E-state index contributed by atoms with van der Waals surface area (Å²) in [7, 11) is 0. The molecule has 0 amide bonds. The van der Waals surface area contributed by atoms with Crippen molar-refractivity contribution in [2.45, 2.75) is 4.90 Å². The Kier molecular flexibility index (Phi) is 4.27. The van der Waals surface area contributed by atoms with Crippen molar-refractivity contribution in [3.8, 4) is 11.8 Å². The van der Waals surface area contributed by atoms with E-state index in [0.717, 1.165) is 15.8 Å². The van der Waals surface area contributed by atoms with Crippen LogP contribution in [-0.2, 0) is 0 Å². The molecule has 0 aliphatic heterocycles. The largest absolute Gasteiger partial charge is 0.384 e. The Morgan fingerprint density at radius 2 is 2.12 bits per heavy atom. The van der Waals surface area contributed by atoms with Crippen LogP contribution in [0.15, 0.2) is 35.4 Å². The molecule has 0 unspecified atom stereocenters. The van der Waals surface area contributed by atoms with Crippen molar-refractivity contribution in [1.29, 1.82) is 0 Å². The summed E-state index contributed by atoms with van der Waals surface area (Å²) >= 11 is 7.82. The van der Waals surface area contributed by atoms with Gasteiger partial charge in [0.05, 0.1) is 16.3 Å². The van der Waals surface area contributed by atoms with Crippen molar-refractivity contribution >= 4 is 34.3 Å². The lowest BCUT2D eigenvalue weighted by molar-refractivity contribution is 0.350. The molecule has 0 saturated heterocycles. The fourth-order valence-corrected chi connectivity index (χ4v) is 2.48. The molecule has 2 rings (SSSR count). The van der Waals surface area contributed by atoms with Crippen LogP contribution in [0.2, 0.25) is 5.02 Å². The van der Waals surface area contributed by atoms with Crippen LogP contribution >= 0.6 is 23.4 Å². The van der Waals surface area contributed by atoms with Crippen molar-refractivity contribution in [1.82, 2.24) is 4.98 Å². The van der Waals surface area contributed by atoms with Gasteiger partial charge in [-0.25, -0.2) is 0 Å². The predicted octanol–water partition coefficient (Wildman–Crippen LogP) is 2.98. The molecule has 0 fully saturated rings. The number of aromatic nitrogens is 1. The van der Waals surface area contributed by atoms with E-state index in [1.54, 1.807) is 6.20 Å². The number of nitrogens with zero attached hydrogens (tertiary/aromatic N) is 1. The Bertz CT molecular complexity index is 589. The highest BCUT2D eigenvalue weighted by atomic mass is 35.5. The molecular weight excluding hydrogens is 254 g/mol. The van der Waals surface area contributed by atoms with Gasteiger partial charge >= 0.3 is 0 Å². The molecule has 2 nitrogen and oxygen atoms in total. The topological polar surface area (TPSA) is 33.1 Å². The summed E-state index contributed by atoms with van der Waals surface area (Å²) < 4.78 is 0. The molecule has 0 spiro atoms. The molecular formula is C13H10ClNOS. The van der Waals surface area contributed by atoms with Crippen molar-refractivity contribution in [2.75, 3.05) is 12.4 Å². The second-order valence-electron chi connectivity index (χ2n) is 3.25. The van der Waals surface area contributed by atoms with Gasteiger partial charge in [0.15, 0.2) is 0 Å². The second-order valence-corrected chi connectivity index (χ2v) is 4.65. The summed E-state index contributed by atoms with van der Waals surface area (Å²) in [6.07, 6.45) is 1.76. The molecule has 2 aromatic rings. The first-order valence-electron chi connectivity index (χ1n) is 5.05. The van der Waals surface area contributed by atoms with Gasteiger partial charge in [-0.3, -0.25) is 4.98 Å². The molecule has 1 heterocycles. The second kappa shape index (κ2) is 5.92. The summed E-state index contributed by atoms with van der Waals surface area (Å²) in [6, 6.07) is 7.76. The van der Waals surface area contributed by atoms with Gasteiger partial charge in [-0.15, -0.1) is 11.8 Å². The fraction of sp³-hybridized carbons (Fsp3) is 0.154. The Morgan fingerprint density at radius 1 is 1.29 bits per heavy atom. The third-order valence-electron chi connectivity index (χ3n) is 2.18. The minimum atomic E-state index is -0.107. The van der Waals surface area contributed by atoms with Gasteiger partial charge < -0.3 is 5.11 Å². The van der Waals surface area contributed by atoms with E-state index in [0.29, 0.717) is 10.8 Å². The van der Waals surface area contributed by atoms with Crippen LogP contribution < -0.4 is 0 Å². The zero-order valence-electron chi connectivity index (χ0n) is 8.98. The first-order valence-corrected chi connectivity index (χ1v) is 6.42. The summed E-state index contributed by atoms with van der Waals surface area (Å²) in [5.74, 6) is 6.03. The van der Waals surface area contributed by atoms with Gasteiger partial charge in [0.2, 0.25) is 0 Å². The van der Waals surface area contributed by atoms with E-state index in [-0.39, 0.29) is 6.61 Å².